The SMILES string of the molecule is CCCCCCCC[C@H](C)CCCCCCCC(=O)O[C@H]1[C@@H](O)[C@@H](O)[C@@H](O)[C@@H](O)[C@H]1O[C@@H]1OC[C@@H](O)[C@H](O)[C@H]1O. The van der Waals surface area contributed by atoms with E-state index in [1.54, 1.807) is 0 Å². The average Bonchev–Trinajstić information content (AvgIpc) is 2.93. The van der Waals surface area contributed by atoms with Gasteiger partial charge in [-0.05, 0) is 12.3 Å². The summed E-state index contributed by atoms with van der Waals surface area (Å²) < 4.78 is 16.1. The molecule has 0 radical (unpaired) electrons. The number of aliphatic hydroxyl groups is 7. The monoisotopic (exact) mass is 578 g/mol. The van der Waals surface area contributed by atoms with E-state index in [0.717, 1.165) is 31.6 Å². The molecule has 40 heavy (non-hydrogen) atoms. The van der Waals surface area contributed by atoms with Gasteiger partial charge in [0.25, 0.3) is 0 Å². The van der Waals surface area contributed by atoms with E-state index < -0.39 is 67.2 Å². The summed E-state index contributed by atoms with van der Waals surface area (Å²) in [6.45, 7) is 4.18. The fourth-order valence-corrected chi connectivity index (χ4v) is 5.45. The number of hydrogen-bond acceptors (Lipinski definition) is 11. The molecular formula is C29H54O11. The van der Waals surface area contributed by atoms with Crippen molar-refractivity contribution in [3.05, 3.63) is 0 Å². The van der Waals surface area contributed by atoms with Gasteiger partial charge in [0, 0.05) is 6.42 Å². The van der Waals surface area contributed by atoms with Gasteiger partial charge in [0.1, 0.15) is 48.8 Å². The van der Waals surface area contributed by atoms with E-state index >= 15 is 0 Å². The third kappa shape index (κ3) is 11.1. The summed E-state index contributed by atoms with van der Waals surface area (Å²) in [6.07, 6.45) is -1.39. The lowest BCUT2D eigenvalue weighted by Crippen LogP contribution is -2.67. The topological polar surface area (TPSA) is 186 Å². The van der Waals surface area contributed by atoms with Crippen LogP contribution in [0.4, 0.5) is 0 Å². The molecule has 7 N–H and O–H groups in total. The Morgan fingerprint density at radius 3 is 1.82 bits per heavy atom. The number of rotatable bonds is 18. The van der Waals surface area contributed by atoms with E-state index in [9.17, 15) is 40.5 Å². The van der Waals surface area contributed by atoms with Crippen LogP contribution in [0, 0.1) is 5.92 Å². The highest BCUT2D eigenvalue weighted by Crippen LogP contribution is 2.30. The van der Waals surface area contributed by atoms with E-state index in [1.165, 1.54) is 51.4 Å². The molecule has 1 aliphatic heterocycles. The van der Waals surface area contributed by atoms with Crippen molar-refractivity contribution in [1.29, 1.82) is 0 Å². The molecule has 2 rings (SSSR count). The van der Waals surface area contributed by atoms with Gasteiger partial charge in [0.2, 0.25) is 0 Å². The normalized spacial score (nSPS) is 35.4. The molecule has 2 aliphatic rings. The van der Waals surface area contributed by atoms with Crippen molar-refractivity contribution in [2.75, 3.05) is 6.61 Å². The smallest absolute Gasteiger partial charge is 0.306 e. The second-order valence-electron chi connectivity index (χ2n) is 11.7. The lowest BCUT2D eigenvalue weighted by molar-refractivity contribution is -0.322. The quantitative estimate of drug-likeness (QED) is 0.0918. The van der Waals surface area contributed by atoms with Gasteiger partial charge >= 0.3 is 5.97 Å². The standard InChI is InChI=1S/C29H54O11/c1-3-4-5-6-8-11-14-18(2)15-12-9-7-10-13-16-20(31)39-27-24(35)22(33)23(34)25(36)28(27)40-29-26(37)21(32)19(30)17-38-29/h18-19,21-30,32-37H,3-17H2,1-2H3/t18-,19+,21-,22-,23+,24-,25+,26+,27-,28+,29-/m0/s1. The first-order chi connectivity index (χ1) is 19.1. The Morgan fingerprint density at radius 2 is 1.23 bits per heavy atom. The fraction of sp³-hybridized carbons (Fsp3) is 0.966. The van der Waals surface area contributed by atoms with Crippen molar-refractivity contribution in [2.24, 2.45) is 5.92 Å². The number of hydrogen-bond donors (Lipinski definition) is 7. The number of carbonyl (C=O) groups excluding carboxylic acids is 1. The van der Waals surface area contributed by atoms with E-state index in [2.05, 4.69) is 13.8 Å². The average molecular weight is 579 g/mol. The molecule has 0 amide bonds. The fourth-order valence-electron chi connectivity index (χ4n) is 5.45. The van der Waals surface area contributed by atoms with Crippen molar-refractivity contribution in [3.63, 3.8) is 0 Å². The van der Waals surface area contributed by atoms with Crippen molar-refractivity contribution in [1.82, 2.24) is 0 Å². The van der Waals surface area contributed by atoms with Crippen LogP contribution in [-0.2, 0) is 19.0 Å². The van der Waals surface area contributed by atoms with Crippen LogP contribution in [-0.4, -0.2) is 110 Å². The zero-order valence-corrected chi connectivity index (χ0v) is 24.2. The second-order valence-corrected chi connectivity index (χ2v) is 11.7. The minimum atomic E-state index is -1.82. The van der Waals surface area contributed by atoms with Crippen molar-refractivity contribution in [3.8, 4) is 0 Å². The van der Waals surface area contributed by atoms with Gasteiger partial charge in [-0.25, -0.2) is 0 Å². The maximum atomic E-state index is 12.5. The van der Waals surface area contributed by atoms with Crippen molar-refractivity contribution in [2.45, 2.75) is 165 Å². The minimum absolute atomic E-state index is 0.0621. The molecule has 0 bridgehead atoms. The molecule has 0 unspecified atom stereocenters. The zero-order chi connectivity index (χ0) is 29.7. The Morgan fingerprint density at radius 1 is 0.700 bits per heavy atom. The van der Waals surface area contributed by atoms with Gasteiger partial charge in [-0.2, -0.15) is 0 Å². The van der Waals surface area contributed by atoms with Crippen LogP contribution in [0.15, 0.2) is 0 Å². The lowest BCUT2D eigenvalue weighted by atomic mass is 9.84. The Hall–Kier alpha value is -0.890. The second kappa shape index (κ2) is 18.6. The van der Waals surface area contributed by atoms with Crippen LogP contribution >= 0.6 is 0 Å². The first kappa shape index (κ1) is 35.3. The van der Waals surface area contributed by atoms with Crippen LogP contribution in [0.1, 0.15) is 104 Å². The number of esters is 1. The van der Waals surface area contributed by atoms with Gasteiger partial charge in [0.05, 0.1) is 6.61 Å². The van der Waals surface area contributed by atoms with Crippen molar-refractivity contribution >= 4 is 5.97 Å². The molecule has 1 saturated heterocycles. The zero-order valence-electron chi connectivity index (χ0n) is 24.2. The van der Waals surface area contributed by atoms with Gasteiger partial charge in [0.15, 0.2) is 12.4 Å². The third-order valence-corrected chi connectivity index (χ3v) is 8.19. The van der Waals surface area contributed by atoms with Gasteiger partial charge in [-0.3, -0.25) is 4.79 Å². The minimum Gasteiger partial charge on any atom is -0.457 e. The maximum Gasteiger partial charge on any atom is 0.306 e. The Kier molecular flexibility index (Phi) is 16.4. The third-order valence-electron chi connectivity index (χ3n) is 8.19. The molecule has 1 aliphatic carbocycles. The number of aliphatic hydroxyl groups excluding tert-OH is 7. The highest BCUT2D eigenvalue weighted by molar-refractivity contribution is 5.69. The van der Waals surface area contributed by atoms with Crippen LogP contribution in [0.2, 0.25) is 0 Å². The molecule has 1 heterocycles. The Bertz CT molecular complexity index is 695. The molecule has 1 saturated carbocycles. The highest BCUT2D eigenvalue weighted by Gasteiger charge is 2.53. The summed E-state index contributed by atoms with van der Waals surface area (Å²) in [4.78, 5) is 12.5. The summed E-state index contributed by atoms with van der Waals surface area (Å²) in [5.41, 5.74) is 0. The largest absolute Gasteiger partial charge is 0.457 e. The molecule has 0 aromatic carbocycles. The molecule has 0 spiro atoms. The molecule has 11 nitrogen and oxygen atoms in total. The van der Waals surface area contributed by atoms with E-state index in [0.29, 0.717) is 6.42 Å². The van der Waals surface area contributed by atoms with Gasteiger partial charge in [-0.1, -0.05) is 90.9 Å². The summed E-state index contributed by atoms with van der Waals surface area (Å²) in [5, 5.41) is 70.9. The summed E-state index contributed by atoms with van der Waals surface area (Å²) in [7, 11) is 0. The van der Waals surface area contributed by atoms with E-state index in [1.807, 2.05) is 0 Å². The van der Waals surface area contributed by atoms with Crippen LogP contribution in [0.3, 0.4) is 0 Å². The first-order valence-electron chi connectivity index (χ1n) is 15.3. The number of carbonyl (C=O) groups is 1. The van der Waals surface area contributed by atoms with Crippen LogP contribution in [0.25, 0.3) is 0 Å². The predicted octanol–water partition coefficient (Wildman–Crippen LogP) is 1.30. The Balaban J connectivity index is 1.71. The van der Waals surface area contributed by atoms with E-state index in [-0.39, 0.29) is 13.0 Å². The summed E-state index contributed by atoms with van der Waals surface area (Å²) >= 11 is 0. The molecular weight excluding hydrogens is 524 g/mol. The Labute approximate surface area is 238 Å². The van der Waals surface area contributed by atoms with Crippen molar-refractivity contribution < 1.29 is 54.8 Å². The molecule has 11 atom stereocenters. The molecule has 0 aromatic rings. The molecule has 11 heteroatoms. The maximum absolute atomic E-state index is 12.5. The predicted molar refractivity (Wildman–Crippen MR) is 146 cm³/mol. The number of ether oxygens (including phenoxy) is 3. The molecule has 2 fully saturated rings. The lowest BCUT2D eigenvalue weighted by Gasteiger charge is -2.45. The van der Waals surface area contributed by atoms with Crippen LogP contribution < -0.4 is 0 Å². The summed E-state index contributed by atoms with van der Waals surface area (Å²) in [5.74, 6) is 0.0671. The first-order valence-corrected chi connectivity index (χ1v) is 15.3. The highest BCUT2D eigenvalue weighted by atomic mass is 16.7. The summed E-state index contributed by atoms with van der Waals surface area (Å²) in [6, 6.07) is 0. The molecule has 0 aromatic heterocycles. The van der Waals surface area contributed by atoms with Gasteiger partial charge in [-0.15, -0.1) is 0 Å². The van der Waals surface area contributed by atoms with E-state index in [4.69, 9.17) is 14.2 Å². The molecule has 236 valence electrons. The van der Waals surface area contributed by atoms with Crippen LogP contribution in [0.5, 0.6) is 0 Å². The van der Waals surface area contributed by atoms with Gasteiger partial charge < -0.3 is 50.0 Å². The number of unbranched alkanes of at least 4 members (excludes halogenated alkanes) is 9.